The SMILES string of the molecule is Cc1cc(O[C@@H](C)C(=O)Nc2ccc(S(=O)(=O)Nc3cccnc3)cc2)cc(C)c1Cl. The van der Waals surface area contributed by atoms with Crippen molar-refractivity contribution in [1.29, 1.82) is 0 Å². The number of benzene rings is 2. The van der Waals surface area contributed by atoms with Gasteiger partial charge in [-0.25, -0.2) is 8.42 Å². The van der Waals surface area contributed by atoms with E-state index in [2.05, 4.69) is 15.0 Å². The van der Waals surface area contributed by atoms with Gasteiger partial charge in [0.2, 0.25) is 0 Å². The number of anilines is 2. The number of sulfonamides is 1. The molecule has 9 heteroatoms. The Kier molecular flexibility index (Phi) is 6.82. The molecule has 3 aromatic rings. The maximum atomic E-state index is 12.5. The van der Waals surface area contributed by atoms with Crippen LogP contribution in [0.25, 0.3) is 0 Å². The minimum absolute atomic E-state index is 0.0609. The molecule has 7 nitrogen and oxygen atoms in total. The van der Waals surface area contributed by atoms with Crippen molar-refractivity contribution in [3.05, 3.63) is 77.1 Å². The minimum atomic E-state index is -3.77. The standard InChI is InChI=1S/C22H22ClN3O4S/c1-14-11-19(12-15(2)21(14)23)30-16(3)22(27)25-17-6-8-20(9-7-17)31(28,29)26-18-5-4-10-24-13-18/h4-13,16,26H,1-3H3,(H,25,27)/t16-/m0/s1. The van der Waals surface area contributed by atoms with Crippen molar-refractivity contribution in [3.8, 4) is 5.75 Å². The number of hydrogen-bond donors (Lipinski definition) is 2. The van der Waals surface area contributed by atoms with Crippen molar-refractivity contribution in [2.24, 2.45) is 0 Å². The summed E-state index contributed by atoms with van der Waals surface area (Å²) in [5, 5.41) is 3.38. The Balaban J connectivity index is 1.64. The van der Waals surface area contributed by atoms with Gasteiger partial charge in [-0.05, 0) is 80.4 Å². The molecule has 0 fully saturated rings. The molecule has 3 rings (SSSR count). The van der Waals surface area contributed by atoms with Crippen molar-refractivity contribution < 1.29 is 17.9 Å². The molecule has 0 aliphatic heterocycles. The number of rotatable bonds is 7. The maximum absolute atomic E-state index is 12.5. The third-order valence-corrected chi connectivity index (χ3v) is 6.43. The third-order valence-electron chi connectivity index (χ3n) is 4.44. The molecular formula is C22H22ClN3O4S. The predicted octanol–water partition coefficient (Wildman–Crippen LogP) is 4.56. The highest BCUT2D eigenvalue weighted by Gasteiger charge is 2.18. The Bertz CT molecular complexity index is 1160. The molecule has 1 aromatic heterocycles. The van der Waals surface area contributed by atoms with Gasteiger partial charge in [-0.15, -0.1) is 0 Å². The van der Waals surface area contributed by atoms with E-state index in [1.54, 1.807) is 37.4 Å². The van der Waals surface area contributed by atoms with Crippen LogP contribution >= 0.6 is 11.6 Å². The van der Waals surface area contributed by atoms with Crippen LogP contribution in [0.5, 0.6) is 5.75 Å². The molecule has 0 unspecified atom stereocenters. The molecular weight excluding hydrogens is 438 g/mol. The van der Waals surface area contributed by atoms with Crippen LogP contribution in [-0.4, -0.2) is 25.4 Å². The molecule has 0 saturated heterocycles. The van der Waals surface area contributed by atoms with Gasteiger partial charge < -0.3 is 10.1 Å². The highest BCUT2D eigenvalue weighted by molar-refractivity contribution is 7.92. The van der Waals surface area contributed by atoms with Gasteiger partial charge in [-0.3, -0.25) is 14.5 Å². The first-order chi connectivity index (χ1) is 14.7. The van der Waals surface area contributed by atoms with E-state index in [1.165, 1.54) is 30.5 Å². The van der Waals surface area contributed by atoms with Gasteiger partial charge in [-0.2, -0.15) is 0 Å². The van der Waals surface area contributed by atoms with Crippen LogP contribution in [0.15, 0.2) is 65.8 Å². The zero-order chi connectivity index (χ0) is 22.6. The second kappa shape index (κ2) is 9.36. The fourth-order valence-electron chi connectivity index (χ4n) is 2.83. The number of amides is 1. The van der Waals surface area contributed by atoms with Crippen LogP contribution in [-0.2, 0) is 14.8 Å². The highest BCUT2D eigenvalue weighted by atomic mass is 35.5. The van der Waals surface area contributed by atoms with Gasteiger partial charge in [0, 0.05) is 16.9 Å². The number of nitrogens with one attached hydrogen (secondary N) is 2. The van der Waals surface area contributed by atoms with Crippen molar-refractivity contribution in [2.45, 2.75) is 31.8 Å². The number of pyridine rings is 1. The number of nitrogens with zero attached hydrogens (tertiary/aromatic N) is 1. The molecule has 0 saturated carbocycles. The first-order valence-electron chi connectivity index (χ1n) is 9.43. The Morgan fingerprint density at radius 2 is 1.71 bits per heavy atom. The van der Waals surface area contributed by atoms with Crippen molar-refractivity contribution in [2.75, 3.05) is 10.0 Å². The number of aryl methyl sites for hydroxylation is 2. The Labute approximate surface area is 186 Å². The Morgan fingerprint density at radius 3 is 2.29 bits per heavy atom. The minimum Gasteiger partial charge on any atom is -0.481 e. The maximum Gasteiger partial charge on any atom is 0.265 e. The smallest absolute Gasteiger partial charge is 0.265 e. The zero-order valence-electron chi connectivity index (χ0n) is 17.2. The van der Waals surface area contributed by atoms with Crippen molar-refractivity contribution in [1.82, 2.24) is 4.98 Å². The highest BCUT2D eigenvalue weighted by Crippen LogP contribution is 2.26. The first kappa shape index (κ1) is 22.6. The fraction of sp³-hybridized carbons (Fsp3) is 0.182. The molecule has 0 bridgehead atoms. The average Bonchev–Trinajstić information content (AvgIpc) is 2.72. The van der Waals surface area contributed by atoms with Gasteiger partial charge in [-0.1, -0.05) is 11.6 Å². The number of halogens is 1. The lowest BCUT2D eigenvalue weighted by atomic mass is 10.1. The zero-order valence-corrected chi connectivity index (χ0v) is 18.8. The molecule has 162 valence electrons. The van der Waals surface area contributed by atoms with Gasteiger partial charge in [0.05, 0.1) is 16.8 Å². The molecule has 1 heterocycles. The first-order valence-corrected chi connectivity index (χ1v) is 11.3. The van der Waals surface area contributed by atoms with Gasteiger partial charge in [0.25, 0.3) is 15.9 Å². The van der Waals surface area contributed by atoms with Crippen LogP contribution in [0.2, 0.25) is 5.02 Å². The summed E-state index contributed by atoms with van der Waals surface area (Å²) in [6, 6.07) is 12.6. The van der Waals surface area contributed by atoms with Crippen LogP contribution in [0.4, 0.5) is 11.4 Å². The molecule has 0 aliphatic carbocycles. The summed E-state index contributed by atoms with van der Waals surface area (Å²) in [7, 11) is -3.77. The van der Waals surface area contributed by atoms with E-state index in [4.69, 9.17) is 16.3 Å². The van der Waals surface area contributed by atoms with Crippen molar-refractivity contribution in [3.63, 3.8) is 0 Å². The number of hydrogen-bond acceptors (Lipinski definition) is 5. The summed E-state index contributed by atoms with van der Waals surface area (Å²) in [6.45, 7) is 5.36. The monoisotopic (exact) mass is 459 g/mol. The predicted molar refractivity (Wildman–Crippen MR) is 121 cm³/mol. The summed E-state index contributed by atoms with van der Waals surface area (Å²) in [5.41, 5.74) is 2.53. The summed E-state index contributed by atoms with van der Waals surface area (Å²) >= 11 is 6.16. The fourth-order valence-corrected chi connectivity index (χ4v) is 3.98. The lowest BCUT2D eigenvalue weighted by Crippen LogP contribution is -2.30. The molecule has 0 aliphatic rings. The number of carbonyl (C=O) groups is 1. The molecule has 0 spiro atoms. The quantitative estimate of drug-likeness (QED) is 0.539. The second-order valence-electron chi connectivity index (χ2n) is 6.99. The number of aromatic nitrogens is 1. The number of carbonyl (C=O) groups excluding carboxylic acids is 1. The lowest BCUT2D eigenvalue weighted by Gasteiger charge is -2.16. The van der Waals surface area contributed by atoms with E-state index in [1.807, 2.05) is 13.8 Å². The third kappa shape index (κ3) is 5.74. The van der Waals surface area contributed by atoms with E-state index >= 15 is 0 Å². The van der Waals surface area contributed by atoms with Crippen LogP contribution < -0.4 is 14.8 Å². The largest absolute Gasteiger partial charge is 0.481 e. The summed E-state index contributed by atoms with van der Waals surface area (Å²) in [6.07, 6.45) is 2.20. The summed E-state index contributed by atoms with van der Waals surface area (Å²) in [4.78, 5) is 16.4. The van der Waals surface area contributed by atoms with E-state index in [-0.39, 0.29) is 10.8 Å². The van der Waals surface area contributed by atoms with Crippen LogP contribution in [0.3, 0.4) is 0 Å². The molecule has 31 heavy (non-hydrogen) atoms. The second-order valence-corrected chi connectivity index (χ2v) is 9.05. The molecule has 2 N–H and O–H groups in total. The normalized spacial score (nSPS) is 12.1. The molecule has 1 amide bonds. The van der Waals surface area contributed by atoms with Gasteiger partial charge in [0.15, 0.2) is 6.10 Å². The Hall–Kier alpha value is -3.10. The summed E-state index contributed by atoms with van der Waals surface area (Å²) < 4.78 is 33.1. The van der Waals surface area contributed by atoms with Gasteiger partial charge in [0.1, 0.15) is 5.75 Å². The Morgan fingerprint density at radius 1 is 1.06 bits per heavy atom. The average molecular weight is 460 g/mol. The van der Waals surface area contributed by atoms with E-state index < -0.39 is 16.1 Å². The van der Waals surface area contributed by atoms with E-state index in [0.29, 0.717) is 22.1 Å². The topological polar surface area (TPSA) is 97.4 Å². The number of ether oxygens (including phenoxy) is 1. The summed E-state index contributed by atoms with van der Waals surface area (Å²) in [5.74, 6) is 0.180. The lowest BCUT2D eigenvalue weighted by molar-refractivity contribution is -0.122. The van der Waals surface area contributed by atoms with Crippen LogP contribution in [0, 0.1) is 13.8 Å². The van der Waals surface area contributed by atoms with Crippen LogP contribution in [0.1, 0.15) is 18.1 Å². The van der Waals surface area contributed by atoms with E-state index in [0.717, 1.165) is 11.1 Å². The molecule has 0 radical (unpaired) electrons. The van der Waals surface area contributed by atoms with Crippen molar-refractivity contribution >= 4 is 38.9 Å². The van der Waals surface area contributed by atoms with Gasteiger partial charge >= 0.3 is 0 Å². The van der Waals surface area contributed by atoms with E-state index in [9.17, 15) is 13.2 Å². The molecule has 1 atom stereocenters. The molecule has 2 aromatic carbocycles.